The van der Waals surface area contributed by atoms with E-state index < -0.39 is 11.8 Å². The largest absolute Gasteiger partial charge is 0.470 e. The molecular weight excluding hydrogens is 308 g/mol. The topological polar surface area (TPSA) is 67.9 Å². The van der Waals surface area contributed by atoms with Crippen LogP contribution in [-0.4, -0.2) is 50.5 Å². The van der Waals surface area contributed by atoms with Crippen molar-refractivity contribution in [3.8, 4) is 0 Å². The number of Topliss-reactive ketones (excluding diaryl/α,β-unsaturated/α-hetero) is 1. The molecule has 1 heterocycles. The van der Waals surface area contributed by atoms with Crippen molar-refractivity contribution in [3.63, 3.8) is 0 Å². The number of hydrogen-bond donors (Lipinski definition) is 1. The zero-order valence-electron chi connectivity index (χ0n) is 12.4. The van der Waals surface area contributed by atoms with Gasteiger partial charge in [0, 0.05) is 6.54 Å². The van der Waals surface area contributed by atoms with Crippen LogP contribution in [0.5, 0.6) is 0 Å². The predicted octanol–water partition coefficient (Wildman–Crippen LogP) is 1.67. The highest BCUT2D eigenvalue weighted by Crippen LogP contribution is 2.26. The first-order valence-corrected chi connectivity index (χ1v) is 7.10. The zero-order chi connectivity index (χ0) is 16.1. The molecule has 0 aromatic heterocycles. The van der Waals surface area contributed by atoms with Crippen LogP contribution in [0.2, 0.25) is 5.02 Å². The summed E-state index contributed by atoms with van der Waals surface area (Å²) in [7, 11) is 3.72. The highest BCUT2D eigenvalue weighted by Gasteiger charge is 2.32. The zero-order valence-corrected chi connectivity index (χ0v) is 13.1. The van der Waals surface area contributed by atoms with Crippen LogP contribution < -0.4 is 5.32 Å². The van der Waals surface area contributed by atoms with Gasteiger partial charge in [0.1, 0.15) is 6.61 Å². The van der Waals surface area contributed by atoms with Crippen LogP contribution in [-0.2, 0) is 19.1 Å². The molecule has 1 aromatic carbocycles. The Balaban J connectivity index is 2.12. The Hall–Kier alpha value is -2.05. The molecule has 1 aliphatic heterocycles. The molecule has 0 radical (unpaired) electrons. The lowest BCUT2D eigenvalue weighted by atomic mass is 10.2. The van der Waals surface area contributed by atoms with E-state index in [1.165, 1.54) is 0 Å². The third-order valence-corrected chi connectivity index (χ3v) is 3.28. The number of ketones is 1. The van der Waals surface area contributed by atoms with Crippen molar-refractivity contribution in [2.24, 2.45) is 0 Å². The van der Waals surface area contributed by atoms with E-state index in [2.05, 4.69) is 5.32 Å². The molecule has 0 amide bonds. The summed E-state index contributed by atoms with van der Waals surface area (Å²) in [6, 6.07) is 6.96. The molecular formula is C15H17ClN2O4. The Labute approximate surface area is 133 Å². The van der Waals surface area contributed by atoms with Crippen molar-refractivity contribution in [1.29, 1.82) is 0 Å². The molecule has 0 aliphatic carbocycles. The average molecular weight is 325 g/mol. The van der Waals surface area contributed by atoms with Crippen molar-refractivity contribution >= 4 is 29.0 Å². The Morgan fingerprint density at radius 2 is 2.14 bits per heavy atom. The first-order valence-electron chi connectivity index (χ1n) is 6.72. The van der Waals surface area contributed by atoms with E-state index >= 15 is 0 Å². The van der Waals surface area contributed by atoms with Crippen molar-refractivity contribution in [2.45, 2.75) is 0 Å². The lowest BCUT2D eigenvalue weighted by Crippen LogP contribution is -2.23. The maximum atomic E-state index is 12.1. The van der Waals surface area contributed by atoms with Gasteiger partial charge in [-0.05, 0) is 26.2 Å². The van der Waals surface area contributed by atoms with Gasteiger partial charge in [0.15, 0.2) is 12.2 Å². The van der Waals surface area contributed by atoms with Gasteiger partial charge in [0.05, 0.1) is 10.7 Å². The van der Waals surface area contributed by atoms with Gasteiger partial charge in [0.25, 0.3) is 0 Å². The van der Waals surface area contributed by atoms with Crippen LogP contribution in [0.25, 0.3) is 0 Å². The normalized spacial score (nSPS) is 14.3. The standard InChI is InChI=1S/C15H17ClN2O4/c1-18(2)7-8-21-15(20)13-12(19)9-22-14(13)17-11-6-4-3-5-10(11)16/h3-6,17H,7-9H2,1-2H3. The molecule has 1 aliphatic rings. The van der Waals surface area contributed by atoms with Crippen LogP contribution in [0.1, 0.15) is 0 Å². The highest BCUT2D eigenvalue weighted by molar-refractivity contribution is 6.33. The van der Waals surface area contributed by atoms with Gasteiger partial charge in [-0.3, -0.25) is 4.79 Å². The molecule has 7 heteroatoms. The molecule has 0 saturated carbocycles. The van der Waals surface area contributed by atoms with E-state index in [9.17, 15) is 9.59 Å². The van der Waals surface area contributed by atoms with E-state index in [4.69, 9.17) is 21.1 Å². The number of anilines is 1. The van der Waals surface area contributed by atoms with E-state index in [1.807, 2.05) is 19.0 Å². The number of rotatable bonds is 6. The number of nitrogens with zero attached hydrogens (tertiary/aromatic N) is 1. The van der Waals surface area contributed by atoms with E-state index in [1.54, 1.807) is 24.3 Å². The van der Waals surface area contributed by atoms with Gasteiger partial charge in [-0.2, -0.15) is 0 Å². The summed E-state index contributed by atoms with van der Waals surface area (Å²) in [5.74, 6) is -1.03. The van der Waals surface area contributed by atoms with Gasteiger partial charge in [-0.25, -0.2) is 4.79 Å². The first kappa shape index (κ1) is 16.3. The van der Waals surface area contributed by atoms with Crippen LogP contribution in [0.3, 0.4) is 0 Å². The molecule has 0 bridgehead atoms. The third-order valence-electron chi connectivity index (χ3n) is 2.95. The van der Waals surface area contributed by atoms with Gasteiger partial charge in [-0.15, -0.1) is 0 Å². The maximum Gasteiger partial charge on any atom is 0.347 e. The van der Waals surface area contributed by atoms with Crippen molar-refractivity contribution < 1.29 is 19.1 Å². The molecule has 118 valence electrons. The minimum Gasteiger partial charge on any atom is -0.470 e. The lowest BCUT2D eigenvalue weighted by Gasteiger charge is -2.11. The predicted molar refractivity (Wildman–Crippen MR) is 82.6 cm³/mol. The van der Waals surface area contributed by atoms with E-state index in [0.717, 1.165) is 0 Å². The summed E-state index contributed by atoms with van der Waals surface area (Å²) in [6.07, 6.45) is 0. The first-order chi connectivity index (χ1) is 10.5. The van der Waals surface area contributed by atoms with Crippen molar-refractivity contribution in [3.05, 3.63) is 40.7 Å². The van der Waals surface area contributed by atoms with Gasteiger partial charge in [0.2, 0.25) is 11.7 Å². The average Bonchev–Trinajstić information content (AvgIpc) is 2.82. The molecule has 22 heavy (non-hydrogen) atoms. The number of hydrogen-bond acceptors (Lipinski definition) is 6. The Bertz CT molecular complexity index is 613. The van der Waals surface area contributed by atoms with Gasteiger partial charge >= 0.3 is 5.97 Å². The lowest BCUT2D eigenvalue weighted by molar-refractivity contribution is -0.140. The second-order valence-electron chi connectivity index (χ2n) is 4.96. The van der Waals surface area contributed by atoms with Crippen LogP contribution in [0.15, 0.2) is 35.7 Å². The number of esters is 1. The summed E-state index contributed by atoms with van der Waals surface area (Å²) in [5, 5.41) is 3.32. The minimum atomic E-state index is -0.695. The Morgan fingerprint density at radius 3 is 2.82 bits per heavy atom. The monoisotopic (exact) mass is 324 g/mol. The molecule has 1 aromatic rings. The summed E-state index contributed by atoms with van der Waals surface area (Å²) >= 11 is 6.04. The number of halogens is 1. The Morgan fingerprint density at radius 1 is 1.41 bits per heavy atom. The second-order valence-corrected chi connectivity index (χ2v) is 5.37. The highest BCUT2D eigenvalue weighted by atomic mass is 35.5. The molecule has 0 fully saturated rings. The van der Waals surface area contributed by atoms with E-state index in [0.29, 0.717) is 17.3 Å². The molecule has 1 N–H and O–H groups in total. The fraction of sp³-hybridized carbons (Fsp3) is 0.333. The number of likely N-dealkylation sites (N-methyl/N-ethyl adjacent to an activating group) is 1. The minimum absolute atomic E-state index is 0.0768. The second kappa shape index (κ2) is 7.29. The summed E-state index contributed by atoms with van der Waals surface area (Å²) in [6.45, 7) is 0.578. The summed E-state index contributed by atoms with van der Waals surface area (Å²) < 4.78 is 10.3. The molecule has 0 saturated heterocycles. The quantitative estimate of drug-likeness (QED) is 0.634. The van der Waals surface area contributed by atoms with Crippen molar-refractivity contribution in [2.75, 3.05) is 39.2 Å². The van der Waals surface area contributed by atoms with Crippen LogP contribution in [0, 0.1) is 0 Å². The summed E-state index contributed by atoms with van der Waals surface area (Å²) in [4.78, 5) is 25.8. The number of benzene rings is 1. The van der Waals surface area contributed by atoms with Crippen LogP contribution in [0.4, 0.5) is 5.69 Å². The number of carbonyl (C=O) groups is 2. The molecule has 0 atom stereocenters. The van der Waals surface area contributed by atoms with E-state index in [-0.39, 0.29) is 24.7 Å². The fourth-order valence-electron chi connectivity index (χ4n) is 1.79. The number of ether oxygens (including phenoxy) is 2. The fourth-order valence-corrected chi connectivity index (χ4v) is 1.97. The summed E-state index contributed by atoms with van der Waals surface area (Å²) in [5.41, 5.74) is 0.436. The molecule has 6 nitrogen and oxygen atoms in total. The molecule has 2 rings (SSSR count). The van der Waals surface area contributed by atoms with Gasteiger partial charge < -0.3 is 19.7 Å². The Kier molecular flexibility index (Phi) is 5.41. The van der Waals surface area contributed by atoms with Crippen LogP contribution >= 0.6 is 11.6 Å². The smallest absolute Gasteiger partial charge is 0.347 e. The van der Waals surface area contributed by atoms with Crippen molar-refractivity contribution in [1.82, 2.24) is 4.90 Å². The number of para-hydroxylation sites is 1. The van der Waals surface area contributed by atoms with Gasteiger partial charge in [-0.1, -0.05) is 23.7 Å². The number of carbonyl (C=O) groups excluding carboxylic acids is 2. The third kappa shape index (κ3) is 3.99. The molecule has 0 unspecified atom stereocenters. The molecule has 0 spiro atoms. The number of nitrogens with one attached hydrogen (secondary N) is 1. The maximum absolute atomic E-state index is 12.1. The SMILES string of the molecule is CN(C)CCOC(=O)C1=C(Nc2ccccc2Cl)OCC1=O.